The molecule has 0 spiro atoms. The molecule has 1 rings (SSSR count). The molecule has 0 unspecified atom stereocenters. The van der Waals surface area contributed by atoms with Crippen molar-refractivity contribution >= 4 is 29.3 Å². The maximum atomic E-state index is 11.6. The lowest BCUT2D eigenvalue weighted by Crippen LogP contribution is -2.43. The standard InChI is InChI=1S/C12H15ClN2O4/c1-7-2-3-8(6-9(7)13)14-12(19)15-10(4-5-16)11(17)18/h2-3,6,10,16H,4-5H2,1H3,(H,17,18)(H2,14,15,19)/t10-/m1/s1. The van der Waals surface area contributed by atoms with E-state index in [1.54, 1.807) is 18.2 Å². The highest BCUT2D eigenvalue weighted by Crippen LogP contribution is 2.19. The minimum absolute atomic E-state index is 0.0581. The van der Waals surface area contributed by atoms with E-state index in [0.717, 1.165) is 5.56 Å². The summed E-state index contributed by atoms with van der Waals surface area (Å²) < 4.78 is 0. The van der Waals surface area contributed by atoms with Gasteiger partial charge in [0.25, 0.3) is 0 Å². The normalized spacial score (nSPS) is 11.7. The molecule has 1 atom stereocenters. The van der Waals surface area contributed by atoms with Crippen molar-refractivity contribution in [3.63, 3.8) is 0 Å². The van der Waals surface area contributed by atoms with Gasteiger partial charge in [-0.15, -0.1) is 0 Å². The maximum absolute atomic E-state index is 11.6. The molecule has 1 aromatic carbocycles. The third-order valence-corrected chi connectivity index (χ3v) is 2.86. The van der Waals surface area contributed by atoms with Crippen molar-refractivity contribution in [1.29, 1.82) is 0 Å². The molecule has 0 heterocycles. The van der Waals surface area contributed by atoms with Gasteiger partial charge in [0, 0.05) is 23.7 Å². The van der Waals surface area contributed by atoms with Crippen LogP contribution in [0.4, 0.5) is 10.5 Å². The first-order chi connectivity index (χ1) is 8.93. The summed E-state index contributed by atoms with van der Waals surface area (Å²) in [5.41, 5.74) is 1.33. The molecule has 0 aliphatic rings. The van der Waals surface area contributed by atoms with Crippen molar-refractivity contribution in [2.75, 3.05) is 11.9 Å². The van der Waals surface area contributed by atoms with Crippen molar-refractivity contribution in [3.8, 4) is 0 Å². The van der Waals surface area contributed by atoms with E-state index in [0.29, 0.717) is 10.7 Å². The third kappa shape index (κ3) is 4.76. The molecule has 104 valence electrons. The van der Waals surface area contributed by atoms with E-state index in [1.807, 2.05) is 6.92 Å². The number of amides is 2. The predicted molar refractivity (Wildman–Crippen MR) is 71.5 cm³/mol. The molecule has 0 saturated carbocycles. The number of aliphatic carboxylic acids is 1. The number of hydrogen-bond acceptors (Lipinski definition) is 3. The van der Waals surface area contributed by atoms with Crippen LogP contribution in [0, 0.1) is 6.92 Å². The summed E-state index contributed by atoms with van der Waals surface area (Å²) in [6, 6.07) is 3.16. The molecule has 4 N–H and O–H groups in total. The Morgan fingerprint density at radius 3 is 2.63 bits per heavy atom. The SMILES string of the molecule is Cc1ccc(NC(=O)N[C@H](CCO)C(=O)O)cc1Cl. The minimum atomic E-state index is -1.20. The van der Waals surface area contributed by atoms with Gasteiger partial charge in [0.2, 0.25) is 0 Å². The van der Waals surface area contributed by atoms with Gasteiger partial charge in [0.15, 0.2) is 0 Å². The van der Waals surface area contributed by atoms with E-state index in [2.05, 4.69) is 10.6 Å². The number of hydrogen-bond donors (Lipinski definition) is 4. The van der Waals surface area contributed by atoms with Gasteiger partial charge in [-0.25, -0.2) is 9.59 Å². The predicted octanol–water partition coefficient (Wildman–Crippen LogP) is 1.61. The second-order valence-corrected chi connectivity index (χ2v) is 4.37. The van der Waals surface area contributed by atoms with Crippen LogP contribution in [0.2, 0.25) is 5.02 Å². The van der Waals surface area contributed by atoms with Gasteiger partial charge in [0.05, 0.1) is 0 Å². The fraction of sp³-hybridized carbons (Fsp3) is 0.333. The highest BCUT2D eigenvalue weighted by Gasteiger charge is 2.19. The van der Waals surface area contributed by atoms with Crippen LogP contribution < -0.4 is 10.6 Å². The fourth-order valence-corrected chi connectivity index (χ4v) is 1.56. The molecule has 7 heteroatoms. The molecule has 2 amide bonds. The Balaban J connectivity index is 2.63. The Morgan fingerprint density at radius 1 is 1.42 bits per heavy atom. The lowest BCUT2D eigenvalue weighted by Gasteiger charge is -2.14. The van der Waals surface area contributed by atoms with Crippen molar-refractivity contribution in [3.05, 3.63) is 28.8 Å². The smallest absolute Gasteiger partial charge is 0.326 e. The first kappa shape index (κ1) is 15.3. The Labute approximate surface area is 115 Å². The summed E-state index contributed by atoms with van der Waals surface area (Å²) in [4.78, 5) is 22.4. The topological polar surface area (TPSA) is 98.7 Å². The van der Waals surface area contributed by atoms with E-state index in [4.69, 9.17) is 21.8 Å². The molecule has 0 aliphatic heterocycles. The van der Waals surface area contributed by atoms with Crippen molar-refractivity contribution < 1.29 is 19.8 Å². The molecule has 0 bridgehead atoms. The fourth-order valence-electron chi connectivity index (χ4n) is 1.38. The Morgan fingerprint density at radius 2 is 2.11 bits per heavy atom. The summed E-state index contributed by atoms with van der Waals surface area (Å²) in [7, 11) is 0. The molecular formula is C12H15ClN2O4. The first-order valence-electron chi connectivity index (χ1n) is 5.61. The van der Waals surface area contributed by atoms with Gasteiger partial charge < -0.3 is 20.8 Å². The number of carbonyl (C=O) groups is 2. The lowest BCUT2D eigenvalue weighted by molar-refractivity contribution is -0.139. The molecule has 1 aromatic rings. The number of halogens is 1. The number of anilines is 1. The summed E-state index contributed by atoms with van der Waals surface area (Å²) in [6.07, 6.45) is -0.0581. The monoisotopic (exact) mass is 286 g/mol. The molecule has 19 heavy (non-hydrogen) atoms. The maximum Gasteiger partial charge on any atom is 0.326 e. The average molecular weight is 287 g/mol. The number of benzene rings is 1. The number of carboxylic acids is 1. The van der Waals surface area contributed by atoms with Crippen LogP contribution in [0.5, 0.6) is 0 Å². The zero-order valence-corrected chi connectivity index (χ0v) is 11.1. The lowest BCUT2D eigenvalue weighted by atomic mass is 10.2. The quantitative estimate of drug-likeness (QED) is 0.661. The van der Waals surface area contributed by atoms with Crippen LogP contribution in [0.1, 0.15) is 12.0 Å². The van der Waals surface area contributed by atoms with Gasteiger partial charge in [-0.05, 0) is 24.6 Å². The minimum Gasteiger partial charge on any atom is -0.480 e. The number of aryl methyl sites for hydroxylation is 1. The average Bonchev–Trinajstić information content (AvgIpc) is 2.33. The number of aliphatic hydroxyl groups excluding tert-OH is 1. The molecular weight excluding hydrogens is 272 g/mol. The van der Waals surface area contributed by atoms with Crippen molar-refractivity contribution in [1.82, 2.24) is 5.32 Å². The summed E-state index contributed by atoms with van der Waals surface area (Å²) in [5.74, 6) is -1.20. The molecule has 0 aliphatic carbocycles. The van der Waals surface area contributed by atoms with E-state index in [1.165, 1.54) is 0 Å². The zero-order valence-electron chi connectivity index (χ0n) is 10.3. The molecule has 6 nitrogen and oxygen atoms in total. The number of aliphatic hydroxyl groups is 1. The van der Waals surface area contributed by atoms with Crippen LogP contribution >= 0.6 is 11.6 Å². The first-order valence-corrected chi connectivity index (χ1v) is 5.99. The Bertz CT molecular complexity index is 479. The van der Waals surface area contributed by atoms with Crippen molar-refractivity contribution in [2.45, 2.75) is 19.4 Å². The highest BCUT2D eigenvalue weighted by atomic mass is 35.5. The van der Waals surface area contributed by atoms with Gasteiger partial charge in [-0.3, -0.25) is 0 Å². The number of carbonyl (C=O) groups excluding carboxylic acids is 1. The van der Waals surface area contributed by atoms with E-state index >= 15 is 0 Å². The van der Waals surface area contributed by atoms with E-state index in [-0.39, 0.29) is 13.0 Å². The third-order valence-electron chi connectivity index (χ3n) is 2.45. The van der Waals surface area contributed by atoms with Crippen LogP contribution in [0.25, 0.3) is 0 Å². The Hall–Kier alpha value is -1.79. The van der Waals surface area contributed by atoms with E-state index in [9.17, 15) is 9.59 Å². The molecule has 0 aromatic heterocycles. The molecule has 0 saturated heterocycles. The van der Waals surface area contributed by atoms with Crippen LogP contribution in [-0.2, 0) is 4.79 Å². The largest absolute Gasteiger partial charge is 0.480 e. The van der Waals surface area contributed by atoms with Crippen molar-refractivity contribution in [2.24, 2.45) is 0 Å². The van der Waals surface area contributed by atoms with Crippen LogP contribution in [-0.4, -0.2) is 34.9 Å². The zero-order chi connectivity index (χ0) is 14.4. The number of carboxylic acid groups (broad SMARTS) is 1. The summed E-state index contributed by atoms with van der Waals surface area (Å²) >= 11 is 5.90. The number of urea groups is 1. The van der Waals surface area contributed by atoms with Gasteiger partial charge in [-0.2, -0.15) is 0 Å². The summed E-state index contributed by atoms with van der Waals surface area (Å²) in [6.45, 7) is 1.50. The summed E-state index contributed by atoms with van der Waals surface area (Å²) in [5, 5.41) is 22.8. The van der Waals surface area contributed by atoms with Gasteiger partial charge >= 0.3 is 12.0 Å². The number of rotatable bonds is 5. The highest BCUT2D eigenvalue weighted by molar-refractivity contribution is 6.31. The van der Waals surface area contributed by atoms with E-state index < -0.39 is 18.0 Å². The van der Waals surface area contributed by atoms with Gasteiger partial charge in [-0.1, -0.05) is 17.7 Å². The van der Waals surface area contributed by atoms with Crippen LogP contribution in [0.15, 0.2) is 18.2 Å². The van der Waals surface area contributed by atoms with Crippen LogP contribution in [0.3, 0.4) is 0 Å². The second kappa shape index (κ2) is 6.96. The molecule has 0 fully saturated rings. The molecule has 0 radical (unpaired) electrons. The number of nitrogens with one attached hydrogen (secondary N) is 2. The second-order valence-electron chi connectivity index (χ2n) is 3.97. The van der Waals surface area contributed by atoms with Gasteiger partial charge in [0.1, 0.15) is 6.04 Å². The Kier molecular flexibility index (Phi) is 5.59.